The standard InChI is InChI=1S/C26H23F9N2O4/c1-41-23(40)36(12-13-7-16(25(30,31)32)9-17(8-13)26(33,34)35)21-11-20(14-3-2-4-14)37(22(38)39)19-6-5-15(10-18(19)21)24(27,28)29/h5-10,14,20-21H,2-4,11-12H2,1H3,(H,38,39)/t20-,21-/m0/s1. The number of methoxy groups -OCH3 is 1. The number of carbonyl (C=O) groups excluding carboxylic acids is 1. The van der Waals surface area contributed by atoms with E-state index in [9.17, 15) is 54.2 Å². The van der Waals surface area contributed by atoms with Crippen LogP contribution in [-0.4, -0.2) is 35.3 Å². The number of anilines is 1. The van der Waals surface area contributed by atoms with Crippen molar-refractivity contribution in [2.45, 2.75) is 62.8 Å². The topological polar surface area (TPSA) is 70.1 Å². The second-order valence-corrected chi connectivity index (χ2v) is 9.95. The average molecular weight is 598 g/mol. The Hall–Kier alpha value is -3.65. The molecule has 1 aliphatic carbocycles. The number of fused-ring (bicyclic) bond motifs is 1. The quantitative estimate of drug-likeness (QED) is 0.361. The van der Waals surface area contributed by atoms with Gasteiger partial charge in [-0.3, -0.25) is 9.80 Å². The average Bonchev–Trinajstić information content (AvgIpc) is 2.83. The number of halogens is 9. The van der Waals surface area contributed by atoms with Gasteiger partial charge in [-0.25, -0.2) is 9.59 Å². The molecule has 0 radical (unpaired) electrons. The van der Waals surface area contributed by atoms with Gasteiger partial charge in [-0.05, 0) is 72.7 Å². The molecule has 2 amide bonds. The molecule has 0 spiro atoms. The molecule has 1 aliphatic heterocycles. The monoisotopic (exact) mass is 598 g/mol. The summed E-state index contributed by atoms with van der Waals surface area (Å²) in [6.07, 6.45) is -16.3. The summed E-state index contributed by atoms with van der Waals surface area (Å²) in [5.41, 5.74) is -5.53. The van der Waals surface area contributed by atoms with Crippen molar-refractivity contribution < 1.29 is 58.9 Å². The van der Waals surface area contributed by atoms with Crippen molar-refractivity contribution in [1.82, 2.24) is 4.90 Å². The first-order valence-corrected chi connectivity index (χ1v) is 12.3. The number of amides is 2. The van der Waals surface area contributed by atoms with E-state index in [0.717, 1.165) is 29.4 Å². The van der Waals surface area contributed by atoms with E-state index in [0.29, 0.717) is 37.1 Å². The molecule has 1 heterocycles. The van der Waals surface area contributed by atoms with E-state index >= 15 is 0 Å². The van der Waals surface area contributed by atoms with Crippen molar-refractivity contribution in [1.29, 1.82) is 0 Å². The van der Waals surface area contributed by atoms with E-state index in [-0.39, 0.29) is 29.7 Å². The minimum Gasteiger partial charge on any atom is -0.465 e. The lowest BCUT2D eigenvalue weighted by Crippen LogP contribution is -2.52. The smallest absolute Gasteiger partial charge is 0.416 e. The van der Waals surface area contributed by atoms with E-state index in [1.807, 2.05) is 0 Å². The number of alkyl halides is 9. The maximum absolute atomic E-state index is 13.6. The fourth-order valence-corrected chi connectivity index (χ4v) is 5.35. The first-order valence-electron chi connectivity index (χ1n) is 12.3. The summed E-state index contributed by atoms with van der Waals surface area (Å²) >= 11 is 0. The fraction of sp³-hybridized carbons (Fsp3) is 0.462. The Kier molecular flexibility index (Phi) is 7.86. The number of nitrogens with zero attached hydrogens (tertiary/aromatic N) is 2. The molecule has 1 fully saturated rings. The molecular formula is C26H23F9N2O4. The Bertz CT molecular complexity index is 1290. The van der Waals surface area contributed by atoms with Gasteiger partial charge in [0.2, 0.25) is 0 Å². The van der Waals surface area contributed by atoms with E-state index < -0.39 is 71.6 Å². The van der Waals surface area contributed by atoms with Crippen LogP contribution in [0.15, 0.2) is 36.4 Å². The van der Waals surface area contributed by atoms with Crippen molar-refractivity contribution in [2.24, 2.45) is 5.92 Å². The van der Waals surface area contributed by atoms with Crippen LogP contribution in [-0.2, 0) is 29.8 Å². The highest BCUT2D eigenvalue weighted by Gasteiger charge is 2.46. The van der Waals surface area contributed by atoms with E-state index in [1.54, 1.807) is 0 Å². The van der Waals surface area contributed by atoms with Gasteiger partial charge >= 0.3 is 30.7 Å². The van der Waals surface area contributed by atoms with E-state index in [2.05, 4.69) is 0 Å². The van der Waals surface area contributed by atoms with Gasteiger partial charge in [0.05, 0.1) is 35.5 Å². The highest BCUT2D eigenvalue weighted by atomic mass is 19.4. The molecule has 2 aromatic rings. The van der Waals surface area contributed by atoms with Crippen LogP contribution in [0.4, 0.5) is 54.8 Å². The molecule has 0 bridgehead atoms. The number of rotatable bonds is 4. The highest BCUT2D eigenvalue weighted by molar-refractivity contribution is 5.89. The minimum atomic E-state index is -5.18. The Labute approximate surface area is 227 Å². The fourth-order valence-electron chi connectivity index (χ4n) is 5.35. The van der Waals surface area contributed by atoms with Crippen LogP contribution < -0.4 is 4.90 Å². The third-order valence-electron chi connectivity index (χ3n) is 7.46. The van der Waals surface area contributed by atoms with Crippen LogP contribution in [0.25, 0.3) is 0 Å². The van der Waals surface area contributed by atoms with Gasteiger partial charge in [0.25, 0.3) is 0 Å². The van der Waals surface area contributed by atoms with Crippen LogP contribution in [0.5, 0.6) is 0 Å². The first kappa shape index (κ1) is 30.3. The Morgan fingerprint density at radius 1 is 0.902 bits per heavy atom. The van der Waals surface area contributed by atoms with Crippen molar-refractivity contribution in [3.63, 3.8) is 0 Å². The zero-order valence-electron chi connectivity index (χ0n) is 21.2. The predicted octanol–water partition coefficient (Wildman–Crippen LogP) is 8.11. The summed E-state index contributed by atoms with van der Waals surface area (Å²) in [5, 5.41) is 9.97. The maximum atomic E-state index is 13.6. The third kappa shape index (κ3) is 6.17. The molecule has 6 nitrogen and oxygen atoms in total. The van der Waals surface area contributed by atoms with Crippen LogP contribution in [0.1, 0.15) is 59.5 Å². The molecule has 0 aromatic heterocycles. The summed E-state index contributed by atoms with van der Waals surface area (Å²) in [6, 6.07) is 0.776. The predicted molar refractivity (Wildman–Crippen MR) is 125 cm³/mol. The molecule has 224 valence electrons. The lowest BCUT2D eigenvalue weighted by atomic mass is 9.74. The van der Waals surface area contributed by atoms with E-state index in [1.165, 1.54) is 0 Å². The lowest BCUT2D eigenvalue weighted by molar-refractivity contribution is -0.143. The van der Waals surface area contributed by atoms with Gasteiger partial charge in [-0.1, -0.05) is 6.42 Å². The van der Waals surface area contributed by atoms with Crippen LogP contribution in [0.2, 0.25) is 0 Å². The normalized spacial score (nSPS) is 19.8. The van der Waals surface area contributed by atoms with Gasteiger partial charge in [0.15, 0.2) is 0 Å². The summed E-state index contributed by atoms with van der Waals surface area (Å²) in [4.78, 5) is 26.9. The molecule has 4 rings (SSSR count). The number of hydrogen-bond acceptors (Lipinski definition) is 3. The SMILES string of the molecule is COC(=O)N(Cc1cc(C(F)(F)F)cc(C(F)(F)F)c1)[C@H]1C[C@@H](C2CCC2)N(C(=O)O)c2ccc(C(F)(F)F)cc21. The van der Waals surface area contributed by atoms with Crippen molar-refractivity contribution >= 4 is 17.9 Å². The number of carbonyl (C=O) groups is 2. The molecule has 1 N–H and O–H groups in total. The van der Waals surface area contributed by atoms with Crippen molar-refractivity contribution in [3.05, 3.63) is 64.2 Å². The molecule has 15 heteroatoms. The molecule has 2 aromatic carbocycles. The summed E-state index contributed by atoms with van der Waals surface area (Å²) in [5.74, 6) is -0.228. The van der Waals surface area contributed by atoms with Crippen molar-refractivity contribution in [2.75, 3.05) is 12.0 Å². The molecule has 0 unspecified atom stereocenters. The molecule has 1 saturated carbocycles. The summed E-state index contributed by atoms with van der Waals surface area (Å²) in [7, 11) is 0.894. The highest BCUT2D eigenvalue weighted by Crippen LogP contribution is 2.48. The van der Waals surface area contributed by atoms with Gasteiger partial charge in [-0.2, -0.15) is 39.5 Å². The summed E-state index contributed by atoms with van der Waals surface area (Å²) in [6.45, 7) is -0.898. The van der Waals surface area contributed by atoms with Gasteiger partial charge in [0, 0.05) is 12.6 Å². The second kappa shape index (κ2) is 10.6. The third-order valence-corrected chi connectivity index (χ3v) is 7.46. The van der Waals surface area contributed by atoms with Crippen LogP contribution in [0.3, 0.4) is 0 Å². The molecule has 2 atom stereocenters. The number of hydrogen-bond donors (Lipinski definition) is 1. The minimum absolute atomic E-state index is 0.0884. The Morgan fingerprint density at radius 2 is 1.46 bits per heavy atom. The Balaban J connectivity index is 1.88. The van der Waals surface area contributed by atoms with Gasteiger partial charge in [-0.15, -0.1) is 0 Å². The second-order valence-electron chi connectivity index (χ2n) is 9.95. The zero-order chi connectivity index (χ0) is 30.5. The molecule has 41 heavy (non-hydrogen) atoms. The first-order chi connectivity index (χ1) is 18.9. The number of ether oxygens (including phenoxy) is 1. The molecule has 2 aliphatic rings. The largest absolute Gasteiger partial charge is 0.465 e. The number of benzene rings is 2. The van der Waals surface area contributed by atoms with Gasteiger partial charge in [0.1, 0.15) is 0 Å². The molecule has 0 saturated heterocycles. The van der Waals surface area contributed by atoms with Crippen LogP contribution >= 0.6 is 0 Å². The van der Waals surface area contributed by atoms with Crippen LogP contribution in [0, 0.1) is 5.92 Å². The van der Waals surface area contributed by atoms with Crippen molar-refractivity contribution in [3.8, 4) is 0 Å². The zero-order valence-corrected chi connectivity index (χ0v) is 21.2. The van der Waals surface area contributed by atoms with E-state index in [4.69, 9.17) is 4.74 Å². The van der Waals surface area contributed by atoms with Gasteiger partial charge < -0.3 is 9.84 Å². The summed E-state index contributed by atoms with van der Waals surface area (Å²) < 4.78 is 127. The Morgan fingerprint density at radius 3 is 1.90 bits per heavy atom. The molecular weight excluding hydrogens is 575 g/mol. The number of carboxylic acid groups (broad SMARTS) is 1. The lowest BCUT2D eigenvalue weighted by Gasteiger charge is -2.48. The maximum Gasteiger partial charge on any atom is 0.416 e.